The van der Waals surface area contributed by atoms with Crippen molar-refractivity contribution in [3.63, 3.8) is 0 Å². The van der Waals surface area contributed by atoms with E-state index in [-0.39, 0.29) is 18.6 Å². The number of fused-ring (bicyclic) bond motifs is 2. The molecule has 0 spiro atoms. The highest BCUT2D eigenvalue weighted by Crippen LogP contribution is 2.50. The van der Waals surface area contributed by atoms with Crippen molar-refractivity contribution in [1.29, 1.82) is 0 Å². The standard InChI is InChI=1S/C19H23N3O4/c1-21-8-4-13-10-16-18(26-12-25-16)19(24-2)17(13)15(21)11-14(23)5-9-22-7-3-6-20-22/h3,6-7,10,15H,4-5,8-9,11-12H2,1-2H3/t15-/m0/s1. The van der Waals surface area contributed by atoms with Gasteiger partial charge in [-0.3, -0.25) is 14.4 Å². The van der Waals surface area contributed by atoms with Crippen LogP contribution >= 0.6 is 0 Å². The molecule has 138 valence electrons. The number of carbonyl (C=O) groups excluding carboxylic acids is 1. The first kappa shape index (κ1) is 16.9. The van der Waals surface area contributed by atoms with E-state index in [1.54, 1.807) is 18.0 Å². The molecular weight excluding hydrogens is 334 g/mol. The fourth-order valence-corrected chi connectivity index (χ4v) is 3.77. The Kier molecular flexibility index (Phi) is 4.55. The van der Waals surface area contributed by atoms with Gasteiger partial charge in [-0.05, 0) is 31.2 Å². The molecule has 7 nitrogen and oxygen atoms in total. The van der Waals surface area contributed by atoms with Gasteiger partial charge in [-0.15, -0.1) is 0 Å². The summed E-state index contributed by atoms with van der Waals surface area (Å²) in [6, 6.07) is 3.88. The molecule has 0 bridgehead atoms. The second kappa shape index (κ2) is 6.99. The first-order valence-corrected chi connectivity index (χ1v) is 8.86. The molecular formula is C19H23N3O4. The van der Waals surface area contributed by atoms with Gasteiger partial charge in [0.15, 0.2) is 11.5 Å². The number of aryl methyl sites for hydroxylation is 1. The Morgan fingerprint density at radius 3 is 3.08 bits per heavy atom. The molecule has 0 unspecified atom stereocenters. The number of likely N-dealkylation sites (N-methyl/N-ethyl adjacent to an activating group) is 1. The zero-order chi connectivity index (χ0) is 18.1. The van der Waals surface area contributed by atoms with E-state index in [0.717, 1.165) is 24.3 Å². The van der Waals surface area contributed by atoms with Crippen molar-refractivity contribution < 1.29 is 19.0 Å². The van der Waals surface area contributed by atoms with Crippen molar-refractivity contribution in [3.05, 3.63) is 35.7 Å². The van der Waals surface area contributed by atoms with Gasteiger partial charge in [-0.1, -0.05) is 0 Å². The van der Waals surface area contributed by atoms with Gasteiger partial charge in [0.2, 0.25) is 12.5 Å². The molecule has 1 aromatic carbocycles. The van der Waals surface area contributed by atoms with Gasteiger partial charge in [-0.25, -0.2) is 0 Å². The minimum Gasteiger partial charge on any atom is -0.492 e. The molecule has 0 amide bonds. The number of ketones is 1. The number of rotatable bonds is 6. The van der Waals surface area contributed by atoms with Gasteiger partial charge in [0.1, 0.15) is 5.78 Å². The van der Waals surface area contributed by atoms with E-state index in [1.807, 2.05) is 18.3 Å². The number of hydrogen-bond donors (Lipinski definition) is 0. The molecule has 2 aliphatic heterocycles. The lowest BCUT2D eigenvalue weighted by atomic mass is 9.88. The van der Waals surface area contributed by atoms with E-state index in [2.05, 4.69) is 17.0 Å². The molecule has 26 heavy (non-hydrogen) atoms. The number of benzene rings is 1. The number of methoxy groups -OCH3 is 1. The summed E-state index contributed by atoms with van der Waals surface area (Å²) in [6.45, 7) is 1.71. The highest BCUT2D eigenvalue weighted by atomic mass is 16.7. The second-order valence-electron chi connectivity index (χ2n) is 6.72. The Balaban J connectivity index is 1.58. The summed E-state index contributed by atoms with van der Waals surface area (Å²) >= 11 is 0. The average Bonchev–Trinajstić information content (AvgIpc) is 3.32. The van der Waals surface area contributed by atoms with Crippen LogP contribution in [0, 0.1) is 0 Å². The number of hydrogen-bond acceptors (Lipinski definition) is 6. The van der Waals surface area contributed by atoms with Gasteiger partial charge in [0, 0.05) is 49.9 Å². The quantitative estimate of drug-likeness (QED) is 0.790. The van der Waals surface area contributed by atoms with Gasteiger partial charge in [0.25, 0.3) is 0 Å². The predicted molar refractivity (Wildman–Crippen MR) is 94.7 cm³/mol. The van der Waals surface area contributed by atoms with E-state index >= 15 is 0 Å². The van der Waals surface area contributed by atoms with Gasteiger partial charge in [-0.2, -0.15) is 5.10 Å². The fourth-order valence-electron chi connectivity index (χ4n) is 3.77. The third kappa shape index (κ3) is 3.03. The van der Waals surface area contributed by atoms with Crippen LogP contribution in [0.4, 0.5) is 0 Å². The van der Waals surface area contributed by atoms with E-state index < -0.39 is 0 Å². The smallest absolute Gasteiger partial charge is 0.231 e. The van der Waals surface area contributed by atoms with E-state index in [0.29, 0.717) is 30.9 Å². The SMILES string of the molecule is COc1c2c(cc3c1[C@H](CC(=O)CCn1cccn1)N(C)CC3)OCO2. The molecule has 0 fully saturated rings. The molecule has 1 aromatic heterocycles. The fraction of sp³-hybridized carbons (Fsp3) is 0.474. The summed E-state index contributed by atoms with van der Waals surface area (Å²) in [5.74, 6) is 2.29. The van der Waals surface area contributed by atoms with Crippen LogP contribution in [0.2, 0.25) is 0 Å². The van der Waals surface area contributed by atoms with Crippen LogP contribution in [-0.2, 0) is 17.8 Å². The highest BCUT2D eigenvalue weighted by Gasteiger charge is 2.34. The minimum atomic E-state index is -0.0201. The third-order valence-electron chi connectivity index (χ3n) is 5.15. The Labute approximate surface area is 152 Å². The Morgan fingerprint density at radius 2 is 2.31 bits per heavy atom. The third-order valence-corrected chi connectivity index (χ3v) is 5.15. The Bertz CT molecular complexity index is 804. The largest absolute Gasteiger partial charge is 0.492 e. The van der Waals surface area contributed by atoms with Crippen molar-refractivity contribution in [3.8, 4) is 17.2 Å². The van der Waals surface area contributed by atoms with Gasteiger partial charge < -0.3 is 14.2 Å². The van der Waals surface area contributed by atoms with E-state index in [9.17, 15) is 4.79 Å². The number of nitrogens with zero attached hydrogens (tertiary/aromatic N) is 3. The maximum Gasteiger partial charge on any atom is 0.231 e. The first-order chi connectivity index (χ1) is 12.7. The normalized spacial score (nSPS) is 18.6. The number of ether oxygens (including phenoxy) is 3. The summed E-state index contributed by atoms with van der Waals surface area (Å²) in [5.41, 5.74) is 2.23. The van der Waals surface area contributed by atoms with Crippen LogP contribution in [0.15, 0.2) is 24.5 Å². The van der Waals surface area contributed by atoms with Crippen LogP contribution < -0.4 is 14.2 Å². The number of aromatic nitrogens is 2. The molecule has 0 N–H and O–H groups in total. The molecule has 4 rings (SSSR count). The Morgan fingerprint density at radius 1 is 1.42 bits per heavy atom. The van der Waals surface area contributed by atoms with Crippen molar-refractivity contribution in [2.24, 2.45) is 0 Å². The zero-order valence-electron chi connectivity index (χ0n) is 15.1. The van der Waals surface area contributed by atoms with Gasteiger partial charge >= 0.3 is 0 Å². The van der Waals surface area contributed by atoms with Crippen LogP contribution in [0.5, 0.6) is 17.2 Å². The molecule has 0 radical (unpaired) electrons. The molecule has 2 aliphatic rings. The van der Waals surface area contributed by atoms with Crippen molar-refractivity contribution >= 4 is 5.78 Å². The van der Waals surface area contributed by atoms with Gasteiger partial charge in [0.05, 0.1) is 7.11 Å². The molecule has 3 heterocycles. The molecule has 0 saturated carbocycles. The highest BCUT2D eigenvalue weighted by molar-refractivity contribution is 5.79. The summed E-state index contributed by atoms with van der Waals surface area (Å²) in [4.78, 5) is 14.9. The van der Waals surface area contributed by atoms with Crippen LogP contribution in [0.1, 0.15) is 30.0 Å². The minimum absolute atomic E-state index is 0.0201. The maximum absolute atomic E-state index is 12.6. The molecule has 0 saturated heterocycles. The number of carbonyl (C=O) groups is 1. The molecule has 7 heteroatoms. The van der Waals surface area contributed by atoms with Crippen LogP contribution in [0.25, 0.3) is 0 Å². The zero-order valence-corrected chi connectivity index (χ0v) is 15.1. The lowest BCUT2D eigenvalue weighted by Crippen LogP contribution is -2.34. The van der Waals surface area contributed by atoms with Crippen molar-refractivity contribution in [1.82, 2.24) is 14.7 Å². The average molecular weight is 357 g/mol. The molecule has 0 aliphatic carbocycles. The maximum atomic E-state index is 12.6. The topological polar surface area (TPSA) is 65.8 Å². The first-order valence-electron chi connectivity index (χ1n) is 8.86. The number of Topliss-reactive ketones (excluding diaryl/α,β-unsaturated/α-hetero) is 1. The van der Waals surface area contributed by atoms with Crippen LogP contribution in [-0.4, -0.2) is 48.0 Å². The lowest BCUT2D eigenvalue weighted by molar-refractivity contribution is -0.120. The summed E-state index contributed by atoms with van der Waals surface area (Å²) in [6.07, 6.45) is 5.41. The monoisotopic (exact) mass is 357 g/mol. The van der Waals surface area contributed by atoms with Crippen LogP contribution in [0.3, 0.4) is 0 Å². The summed E-state index contributed by atoms with van der Waals surface area (Å²) < 4.78 is 18.6. The predicted octanol–water partition coefficient (Wildman–Crippen LogP) is 2.20. The second-order valence-corrected chi connectivity index (χ2v) is 6.72. The molecule has 1 atom stereocenters. The van der Waals surface area contributed by atoms with Crippen molar-refractivity contribution in [2.75, 3.05) is 27.5 Å². The summed E-state index contributed by atoms with van der Waals surface area (Å²) in [5, 5.41) is 4.16. The Hall–Kier alpha value is -2.54. The summed E-state index contributed by atoms with van der Waals surface area (Å²) in [7, 11) is 3.70. The van der Waals surface area contributed by atoms with E-state index in [4.69, 9.17) is 14.2 Å². The van der Waals surface area contributed by atoms with Crippen molar-refractivity contribution in [2.45, 2.75) is 31.8 Å². The lowest BCUT2D eigenvalue weighted by Gasteiger charge is -2.35. The van der Waals surface area contributed by atoms with E-state index in [1.165, 1.54) is 5.56 Å². The molecule has 2 aromatic rings.